The minimum absolute atomic E-state index is 0.310. The minimum Gasteiger partial charge on any atom is -0.493 e. The molecule has 0 saturated heterocycles. The van der Waals surface area contributed by atoms with Gasteiger partial charge in [0.05, 0.1) is 46.3 Å². The van der Waals surface area contributed by atoms with Crippen molar-refractivity contribution in [2.45, 2.75) is 0 Å². The molecule has 2 aliphatic rings. The predicted octanol–water partition coefficient (Wildman–Crippen LogP) is 4.26. The number of halogens is 1. The molecule has 1 amide bonds. The summed E-state index contributed by atoms with van der Waals surface area (Å²) in [6, 6.07) is 12.1. The van der Waals surface area contributed by atoms with E-state index in [1.165, 1.54) is 19.2 Å². The molecule has 1 aliphatic heterocycles. The van der Waals surface area contributed by atoms with Crippen molar-refractivity contribution in [3.05, 3.63) is 48.3 Å². The van der Waals surface area contributed by atoms with Gasteiger partial charge < -0.3 is 34.3 Å². The summed E-state index contributed by atoms with van der Waals surface area (Å²) in [6.45, 7) is 2.27. The number of hydrogen-bond acceptors (Lipinski definition) is 7. The number of amides is 1. The number of ether oxygens (including phenoxy) is 5. The van der Waals surface area contributed by atoms with Gasteiger partial charge in [-0.1, -0.05) is 6.07 Å². The van der Waals surface area contributed by atoms with Gasteiger partial charge in [-0.15, -0.1) is 0 Å². The predicted molar refractivity (Wildman–Crippen MR) is 133 cm³/mol. The number of anilines is 2. The fourth-order valence-corrected chi connectivity index (χ4v) is 3.72. The van der Waals surface area contributed by atoms with Crippen LogP contribution >= 0.6 is 0 Å². The van der Waals surface area contributed by atoms with Crippen molar-refractivity contribution < 1.29 is 32.9 Å². The van der Waals surface area contributed by atoms with Crippen molar-refractivity contribution in [2.75, 3.05) is 59.1 Å². The Morgan fingerprint density at radius 2 is 1.75 bits per heavy atom. The number of aromatic nitrogens is 2. The third-order valence-electron chi connectivity index (χ3n) is 5.41. The number of nitrogens with one attached hydrogen (secondary N) is 4. The van der Waals surface area contributed by atoms with Crippen LogP contribution in [0, 0.1) is 5.82 Å². The molecule has 0 fully saturated rings. The van der Waals surface area contributed by atoms with E-state index in [-0.39, 0.29) is 5.82 Å². The smallest absolute Gasteiger partial charge is 0.406 e. The first-order chi connectivity index (χ1) is 17.6. The summed E-state index contributed by atoms with van der Waals surface area (Å²) in [7, 11) is 2.90. The number of rotatable bonds is 13. The number of alkyl carbamates (subject to hydrolysis) is 1. The number of carbonyl (C=O) groups excluding carboxylic acids is 1. The average Bonchev–Trinajstić information content (AvgIpc) is 3.43. The summed E-state index contributed by atoms with van der Waals surface area (Å²) in [5, 5.41) is 13.9. The van der Waals surface area contributed by atoms with Crippen molar-refractivity contribution in [3.8, 4) is 22.8 Å². The lowest BCUT2D eigenvalue weighted by atomic mass is 10.2. The second-order valence-corrected chi connectivity index (χ2v) is 7.78. The molecule has 192 valence electrons. The summed E-state index contributed by atoms with van der Waals surface area (Å²) in [5.41, 5.74) is 2.47. The SMILES string of the molecule is COC(=O)NCCOCCOCCOc1cc2cc3c(Nc4cccc(F)c4)[nH][nH]c-3c2cc1OC. The molecule has 2 aromatic rings. The van der Waals surface area contributed by atoms with E-state index in [0.717, 1.165) is 27.8 Å². The van der Waals surface area contributed by atoms with Crippen LogP contribution in [-0.2, 0) is 14.2 Å². The molecule has 10 nitrogen and oxygen atoms in total. The zero-order chi connectivity index (χ0) is 25.3. The van der Waals surface area contributed by atoms with E-state index in [9.17, 15) is 9.18 Å². The normalized spacial score (nSPS) is 11.1. The van der Waals surface area contributed by atoms with Crippen LogP contribution in [0.2, 0.25) is 0 Å². The Morgan fingerprint density at radius 1 is 0.944 bits per heavy atom. The van der Waals surface area contributed by atoms with Crippen LogP contribution in [0.1, 0.15) is 0 Å². The maximum absolute atomic E-state index is 13.6. The van der Waals surface area contributed by atoms with Gasteiger partial charge >= 0.3 is 6.09 Å². The molecule has 11 heteroatoms. The Kier molecular flexibility index (Phi) is 8.48. The van der Waals surface area contributed by atoms with E-state index >= 15 is 0 Å². The maximum atomic E-state index is 13.6. The lowest BCUT2D eigenvalue weighted by molar-refractivity contribution is 0.0369. The van der Waals surface area contributed by atoms with Gasteiger partial charge in [0.25, 0.3) is 0 Å². The molecular formula is C25H29FN4O6. The molecule has 4 N–H and O–H groups in total. The Morgan fingerprint density at radius 3 is 2.53 bits per heavy atom. The Balaban J connectivity index is 1.30. The van der Waals surface area contributed by atoms with Crippen LogP contribution in [0.3, 0.4) is 0 Å². The largest absolute Gasteiger partial charge is 0.493 e. The van der Waals surface area contributed by atoms with Crippen molar-refractivity contribution >= 4 is 28.4 Å². The third-order valence-corrected chi connectivity index (χ3v) is 5.41. The standard InChI is InChI=1S/C25H29FN4O6/c1-32-21-15-19-16(12-20-23(19)29-30-24(20)28-18-5-3-4-17(26)14-18)13-22(21)36-11-10-35-9-8-34-7-6-27-25(31)33-2/h3-5,12-15,28-30H,6-11H2,1-2H3,(H,27,31). The van der Waals surface area contributed by atoms with Crippen LogP contribution in [0.5, 0.6) is 11.5 Å². The Hall–Kier alpha value is -3.96. The molecule has 0 radical (unpaired) electrons. The molecule has 0 bridgehead atoms. The maximum Gasteiger partial charge on any atom is 0.406 e. The molecule has 0 atom stereocenters. The molecule has 0 spiro atoms. The second-order valence-electron chi connectivity index (χ2n) is 7.78. The Bertz CT molecular complexity index is 1260. The van der Waals surface area contributed by atoms with Crippen molar-refractivity contribution in [1.29, 1.82) is 0 Å². The summed E-state index contributed by atoms with van der Waals surface area (Å²) >= 11 is 0. The number of methoxy groups -OCH3 is 2. The molecule has 1 heterocycles. The van der Waals surface area contributed by atoms with E-state index in [1.54, 1.807) is 19.2 Å². The summed E-state index contributed by atoms with van der Waals surface area (Å²) in [4.78, 5) is 10.9. The molecule has 2 aromatic carbocycles. The zero-order valence-electron chi connectivity index (χ0n) is 20.1. The van der Waals surface area contributed by atoms with Crippen molar-refractivity contribution in [1.82, 2.24) is 15.5 Å². The van der Waals surface area contributed by atoms with Gasteiger partial charge in [-0.05, 0) is 41.8 Å². The molecule has 1 aliphatic carbocycles. The summed E-state index contributed by atoms with van der Waals surface area (Å²) in [6.07, 6.45) is -0.487. The van der Waals surface area contributed by atoms with E-state index in [4.69, 9.17) is 18.9 Å². The van der Waals surface area contributed by atoms with Gasteiger partial charge in [-0.2, -0.15) is 0 Å². The molecule has 0 aromatic heterocycles. The lowest BCUT2D eigenvalue weighted by Crippen LogP contribution is -2.27. The van der Waals surface area contributed by atoms with Crippen LogP contribution in [-0.4, -0.2) is 70.1 Å². The first-order valence-electron chi connectivity index (χ1n) is 11.4. The fourth-order valence-electron chi connectivity index (χ4n) is 3.72. The van der Waals surface area contributed by atoms with Crippen molar-refractivity contribution in [2.24, 2.45) is 0 Å². The number of benzene rings is 2. The van der Waals surface area contributed by atoms with Gasteiger partial charge in [0, 0.05) is 23.2 Å². The number of hydrogen-bond donors (Lipinski definition) is 4. The van der Waals surface area contributed by atoms with Crippen LogP contribution in [0.15, 0.2) is 42.5 Å². The summed E-state index contributed by atoms with van der Waals surface area (Å²) < 4.78 is 40.4. The van der Waals surface area contributed by atoms with Gasteiger partial charge in [0.1, 0.15) is 18.2 Å². The number of carbonyl (C=O) groups is 1. The van der Waals surface area contributed by atoms with E-state index in [2.05, 4.69) is 25.6 Å². The highest BCUT2D eigenvalue weighted by molar-refractivity contribution is 6.05. The highest BCUT2D eigenvalue weighted by atomic mass is 19.1. The van der Waals surface area contributed by atoms with E-state index in [1.807, 2.05) is 18.2 Å². The average molecular weight is 501 g/mol. The second kappa shape index (κ2) is 12.1. The zero-order valence-corrected chi connectivity index (χ0v) is 20.1. The van der Waals surface area contributed by atoms with Gasteiger partial charge in [0.2, 0.25) is 0 Å². The molecule has 0 saturated carbocycles. The fraction of sp³-hybridized carbons (Fsp3) is 0.320. The van der Waals surface area contributed by atoms with Crippen molar-refractivity contribution in [3.63, 3.8) is 0 Å². The quantitative estimate of drug-likeness (QED) is 0.203. The topological polar surface area (TPSA) is 119 Å². The molecule has 4 rings (SSSR count). The molecule has 0 unspecified atom stereocenters. The number of aromatic amines is 2. The first-order valence-corrected chi connectivity index (χ1v) is 11.4. The van der Waals surface area contributed by atoms with E-state index in [0.29, 0.717) is 56.8 Å². The molecule has 36 heavy (non-hydrogen) atoms. The van der Waals surface area contributed by atoms with Crippen LogP contribution < -0.4 is 20.1 Å². The number of fused-ring (bicyclic) bond motifs is 3. The third kappa shape index (κ3) is 6.18. The van der Waals surface area contributed by atoms with Gasteiger partial charge in [-0.3, -0.25) is 10.2 Å². The Labute approximate surface area is 207 Å². The van der Waals surface area contributed by atoms with Crippen LogP contribution in [0.25, 0.3) is 22.0 Å². The first kappa shape index (κ1) is 25.1. The van der Waals surface area contributed by atoms with Gasteiger partial charge in [-0.25, -0.2) is 9.18 Å². The van der Waals surface area contributed by atoms with Gasteiger partial charge in [0.15, 0.2) is 11.5 Å². The van der Waals surface area contributed by atoms with E-state index < -0.39 is 6.09 Å². The highest BCUT2D eigenvalue weighted by Crippen LogP contribution is 2.42. The number of H-pyrrole nitrogens is 2. The molecular weight excluding hydrogens is 471 g/mol. The highest BCUT2D eigenvalue weighted by Gasteiger charge is 2.19. The van der Waals surface area contributed by atoms with Crippen LogP contribution in [0.4, 0.5) is 20.7 Å². The lowest BCUT2D eigenvalue weighted by Gasteiger charge is -2.12. The monoisotopic (exact) mass is 500 g/mol. The minimum atomic E-state index is -0.487. The summed E-state index contributed by atoms with van der Waals surface area (Å²) in [5.74, 6) is 1.63.